The van der Waals surface area contributed by atoms with Gasteiger partial charge in [0.05, 0.1) is 0 Å². The van der Waals surface area contributed by atoms with E-state index in [2.05, 4.69) is 24.2 Å². The van der Waals surface area contributed by atoms with Gasteiger partial charge in [-0.2, -0.15) is 0 Å². The maximum Gasteiger partial charge on any atom is 0.115 e. The molecule has 3 heteroatoms. The minimum atomic E-state index is 0.337. The van der Waals surface area contributed by atoms with Crippen LogP contribution in [0.15, 0.2) is 24.3 Å². The number of nitrogens with one attached hydrogen (secondary N) is 1. The predicted octanol–water partition coefficient (Wildman–Crippen LogP) is 3.78. The molecule has 21 heavy (non-hydrogen) atoms. The van der Waals surface area contributed by atoms with Crippen molar-refractivity contribution in [2.45, 2.75) is 45.4 Å². The summed E-state index contributed by atoms with van der Waals surface area (Å²) in [6, 6.07) is 7.56. The molecule has 0 radical (unpaired) electrons. The Morgan fingerprint density at radius 1 is 1.14 bits per heavy atom. The lowest BCUT2D eigenvalue weighted by molar-refractivity contribution is 0.189. The third kappa shape index (κ3) is 4.63. The molecular formula is C18H30N2O. The third-order valence-electron chi connectivity index (χ3n) is 4.70. The molecule has 0 unspecified atom stereocenters. The van der Waals surface area contributed by atoms with Crippen LogP contribution >= 0.6 is 0 Å². The van der Waals surface area contributed by atoms with Crippen molar-refractivity contribution in [1.29, 1.82) is 0 Å². The SMILES string of the molecule is CCCNCC1(CN(C)c2ccc(O)cc2)CCCCC1. The first kappa shape index (κ1) is 16.2. The molecule has 0 bridgehead atoms. The molecule has 2 N–H and O–H groups in total. The van der Waals surface area contributed by atoms with Crippen molar-refractivity contribution < 1.29 is 5.11 Å². The highest BCUT2D eigenvalue weighted by molar-refractivity contribution is 5.48. The Balaban J connectivity index is 2.01. The van der Waals surface area contributed by atoms with E-state index in [4.69, 9.17) is 0 Å². The highest BCUT2D eigenvalue weighted by Gasteiger charge is 2.32. The summed E-state index contributed by atoms with van der Waals surface area (Å²) in [6.07, 6.45) is 7.95. The van der Waals surface area contributed by atoms with Gasteiger partial charge in [-0.1, -0.05) is 26.2 Å². The lowest BCUT2D eigenvalue weighted by Gasteiger charge is -2.41. The summed E-state index contributed by atoms with van der Waals surface area (Å²) in [4.78, 5) is 2.35. The number of nitrogens with zero attached hydrogens (tertiary/aromatic N) is 1. The zero-order chi connectivity index (χ0) is 15.1. The van der Waals surface area contributed by atoms with Crippen LogP contribution in [-0.2, 0) is 0 Å². The first-order valence-electron chi connectivity index (χ1n) is 8.36. The van der Waals surface area contributed by atoms with Crippen LogP contribution in [0.5, 0.6) is 5.75 Å². The van der Waals surface area contributed by atoms with E-state index in [-0.39, 0.29) is 0 Å². The lowest BCUT2D eigenvalue weighted by Crippen LogP contribution is -2.44. The standard InChI is InChI=1S/C18H30N2O/c1-3-13-19-14-18(11-5-4-6-12-18)15-20(2)16-7-9-17(21)10-8-16/h7-10,19,21H,3-6,11-15H2,1-2H3. The lowest BCUT2D eigenvalue weighted by atomic mass is 9.73. The van der Waals surface area contributed by atoms with E-state index in [0.717, 1.165) is 19.6 Å². The van der Waals surface area contributed by atoms with E-state index in [1.807, 2.05) is 12.1 Å². The molecule has 118 valence electrons. The van der Waals surface area contributed by atoms with Crippen molar-refractivity contribution in [2.24, 2.45) is 5.41 Å². The van der Waals surface area contributed by atoms with Crippen LogP contribution in [0.25, 0.3) is 0 Å². The Morgan fingerprint density at radius 3 is 2.43 bits per heavy atom. The summed E-state index contributed by atoms with van der Waals surface area (Å²) >= 11 is 0. The summed E-state index contributed by atoms with van der Waals surface area (Å²) in [5.74, 6) is 0.337. The van der Waals surface area contributed by atoms with Gasteiger partial charge in [0, 0.05) is 31.2 Å². The van der Waals surface area contributed by atoms with Crippen LogP contribution in [0, 0.1) is 5.41 Å². The Hall–Kier alpha value is -1.22. The van der Waals surface area contributed by atoms with Crippen LogP contribution < -0.4 is 10.2 Å². The van der Waals surface area contributed by atoms with Crippen molar-refractivity contribution in [3.05, 3.63) is 24.3 Å². The van der Waals surface area contributed by atoms with Crippen molar-refractivity contribution in [1.82, 2.24) is 5.32 Å². The van der Waals surface area contributed by atoms with Gasteiger partial charge < -0.3 is 15.3 Å². The van der Waals surface area contributed by atoms with Crippen molar-refractivity contribution in [3.63, 3.8) is 0 Å². The smallest absolute Gasteiger partial charge is 0.115 e. The molecule has 0 amide bonds. The predicted molar refractivity (Wildman–Crippen MR) is 90.1 cm³/mol. The number of phenolic OH excluding ortho intramolecular Hbond substituents is 1. The van der Waals surface area contributed by atoms with Crippen LogP contribution in [0.3, 0.4) is 0 Å². The van der Waals surface area contributed by atoms with E-state index in [0.29, 0.717) is 11.2 Å². The van der Waals surface area contributed by atoms with Gasteiger partial charge >= 0.3 is 0 Å². The minimum absolute atomic E-state index is 0.337. The highest BCUT2D eigenvalue weighted by atomic mass is 16.3. The molecule has 1 aliphatic rings. The Morgan fingerprint density at radius 2 is 1.81 bits per heavy atom. The summed E-state index contributed by atoms with van der Waals surface area (Å²) in [5.41, 5.74) is 1.59. The minimum Gasteiger partial charge on any atom is -0.508 e. The summed E-state index contributed by atoms with van der Waals surface area (Å²) in [7, 11) is 2.17. The Kier molecular flexibility index (Phi) is 5.92. The third-order valence-corrected chi connectivity index (χ3v) is 4.70. The van der Waals surface area contributed by atoms with Crippen molar-refractivity contribution in [3.8, 4) is 5.75 Å². The number of aromatic hydroxyl groups is 1. The second-order valence-corrected chi connectivity index (χ2v) is 6.61. The largest absolute Gasteiger partial charge is 0.508 e. The Bertz CT molecular complexity index is 410. The molecule has 1 fully saturated rings. The maximum atomic E-state index is 9.43. The van der Waals surface area contributed by atoms with Crippen molar-refractivity contribution in [2.75, 3.05) is 31.6 Å². The van der Waals surface area contributed by atoms with E-state index in [9.17, 15) is 5.11 Å². The van der Waals surface area contributed by atoms with Gasteiger partial charge in [-0.3, -0.25) is 0 Å². The quantitative estimate of drug-likeness (QED) is 0.750. The molecule has 0 spiro atoms. The van der Waals surface area contributed by atoms with E-state index in [1.165, 1.54) is 44.2 Å². The first-order valence-corrected chi connectivity index (χ1v) is 8.36. The van der Waals surface area contributed by atoms with Crippen LogP contribution in [0.1, 0.15) is 45.4 Å². The number of hydrogen-bond donors (Lipinski definition) is 2. The second kappa shape index (κ2) is 7.69. The molecule has 1 saturated carbocycles. The molecule has 0 heterocycles. The van der Waals surface area contributed by atoms with Crippen molar-refractivity contribution >= 4 is 5.69 Å². The molecule has 2 rings (SSSR count). The first-order chi connectivity index (χ1) is 10.2. The fraction of sp³-hybridized carbons (Fsp3) is 0.667. The van der Waals surface area contributed by atoms with Gasteiger partial charge in [-0.15, -0.1) is 0 Å². The fourth-order valence-corrected chi connectivity index (χ4v) is 3.52. The molecule has 1 aromatic carbocycles. The van der Waals surface area contributed by atoms with Crippen LogP contribution in [0.4, 0.5) is 5.69 Å². The molecule has 1 aliphatic carbocycles. The fourth-order valence-electron chi connectivity index (χ4n) is 3.52. The molecule has 3 nitrogen and oxygen atoms in total. The zero-order valence-electron chi connectivity index (χ0n) is 13.6. The van der Waals surface area contributed by atoms with Gasteiger partial charge in [0.25, 0.3) is 0 Å². The van der Waals surface area contributed by atoms with Gasteiger partial charge in [0.2, 0.25) is 0 Å². The monoisotopic (exact) mass is 290 g/mol. The average Bonchev–Trinajstić information content (AvgIpc) is 2.49. The van der Waals surface area contributed by atoms with Gasteiger partial charge in [-0.05, 0) is 50.1 Å². The molecule has 0 atom stereocenters. The van der Waals surface area contributed by atoms with E-state index >= 15 is 0 Å². The summed E-state index contributed by atoms with van der Waals surface area (Å²) in [6.45, 7) is 5.56. The van der Waals surface area contributed by atoms with Gasteiger partial charge in [0.1, 0.15) is 5.75 Å². The number of hydrogen-bond acceptors (Lipinski definition) is 3. The maximum absolute atomic E-state index is 9.43. The van der Waals surface area contributed by atoms with Crippen LogP contribution in [0.2, 0.25) is 0 Å². The molecule has 0 saturated heterocycles. The van der Waals surface area contributed by atoms with Crippen LogP contribution in [-0.4, -0.2) is 31.8 Å². The zero-order valence-corrected chi connectivity index (χ0v) is 13.6. The molecule has 0 aliphatic heterocycles. The normalized spacial score (nSPS) is 17.6. The molecule has 1 aromatic rings. The topological polar surface area (TPSA) is 35.5 Å². The van der Waals surface area contributed by atoms with E-state index < -0.39 is 0 Å². The molecular weight excluding hydrogens is 260 g/mol. The number of rotatable bonds is 7. The highest BCUT2D eigenvalue weighted by Crippen LogP contribution is 2.37. The molecule has 0 aromatic heterocycles. The summed E-state index contributed by atoms with van der Waals surface area (Å²) < 4.78 is 0. The average molecular weight is 290 g/mol. The Labute approximate surface area is 129 Å². The number of phenols is 1. The number of anilines is 1. The number of benzene rings is 1. The van der Waals surface area contributed by atoms with Gasteiger partial charge in [0.15, 0.2) is 0 Å². The second-order valence-electron chi connectivity index (χ2n) is 6.61. The van der Waals surface area contributed by atoms with Gasteiger partial charge in [-0.25, -0.2) is 0 Å². The van der Waals surface area contributed by atoms with E-state index in [1.54, 1.807) is 12.1 Å². The summed E-state index contributed by atoms with van der Waals surface area (Å²) in [5, 5.41) is 13.1.